The van der Waals surface area contributed by atoms with Gasteiger partial charge in [-0.1, -0.05) is 0 Å². The predicted molar refractivity (Wildman–Crippen MR) is 72.2 cm³/mol. The van der Waals surface area contributed by atoms with E-state index in [0.29, 0.717) is 13.1 Å². The van der Waals surface area contributed by atoms with Crippen molar-refractivity contribution < 1.29 is 17.5 Å². The summed E-state index contributed by atoms with van der Waals surface area (Å²) in [6.07, 6.45) is 1.73. The van der Waals surface area contributed by atoms with Gasteiger partial charge in [0.25, 0.3) is 0 Å². The van der Waals surface area contributed by atoms with E-state index in [9.17, 15) is 12.8 Å². The summed E-state index contributed by atoms with van der Waals surface area (Å²) in [5.41, 5.74) is 5.63. The number of halogens is 1. The Morgan fingerprint density at radius 2 is 1.90 bits per heavy atom. The molecule has 0 spiro atoms. The van der Waals surface area contributed by atoms with E-state index in [4.69, 9.17) is 10.5 Å². The van der Waals surface area contributed by atoms with Crippen LogP contribution >= 0.6 is 0 Å². The largest absolute Gasteiger partial charge is 0.396 e. The third-order valence-electron chi connectivity index (χ3n) is 3.90. The highest BCUT2D eigenvalue weighted by Crippen LogP contribution is 2.31. The Morgan fingerprint density at radius 1 is 1.30 bits per heavy atom. The quantitative estimate of drug-likeness (QED) is 0.835. The Morgan fingerprint density at radius 3 is 2.45 bits per heavy atom. The molecule has 0 aromatic heterocycles. The fourth-order valence-corrected chi connectivity index (χ4v) is 4.46. The molecular formula is C13H17FN2O3S. The van der Waals surface area contributed by atoms with Crippen LogP contribution in [0.2, 0.25) is 0 Å². The Kier molecular flexibility index (Phi) is 3.23. The maximum Gasteiger partial charge on any atom is 0.243 e. The molecule has 2 aliphatic rings. The van der Waals surface area contributed by atoms with Gasteiger partial charge in [-0.3, -0.25) is 0 Å². The van der Waals surface area contributed by atoms with E-state index < -0.39 is 15.8 Å². The van der Waals surface area contributed by atoms with Gasteiger partial charge in [-0.05, 0) is 37.5 Å². The molecule has 0 amide bonds. The number of fused-ring (bicyclic) bond motifs is 2. The number of sulfonamides is 1. The second-order valence-electron chi connectivity index (χ2n) is 5.42. The van der Waals surface area contributed by atoms with Gasteiger partial charge in [-0.2, -0.15) is 4.31 Å². The summed E-state index contributed by atoms with van der Waals surface area (Å²) in [6.45, 7) is 2.22. The maximum absolute atomic E-state index is 13.5. The number of hydrogen-bond acceptors (Lipinski definition) is 4. The highest BCUT2D eigenvalue weighted by molar-refractivity contribution is 7.89. The van der Waals surface area contributed by atoms with Crippen LogP contribution in [0, 0.1) is 12.7 Å². The Labute approximate surface area is 117 Å². The van der Waals surface area contributed by atoms with Gasteiger partial charge in [-0.15, -0.1) is 0 Å². The zero-order valence-electron chi connectivity index (χ0n) is 11.2. The lowest BCUT2D eigenvalue weighted by Crippen LogP contribution is -2.45. The van der Waals surface area contributed by atoms with Gasteiger partial charge in [0.2, 0.25) is 10.0 Å². The standard InChI is InChI=1S/C13H17FN2O3S/c1-8-4-11(5-12(15)13(8)14)20(17,18)16-6-9-2-3-10(7-16)19-9/h4-5,9-10H,2-3,6-7,15H2,1H3. The molecule has 2 bridgehead atoms. The first-order chi connectivity index (χ1) is 9.38. The highest BCUT2D eigenvalue weighted by atomic mass is 32.2. The summed E-state index contributed by atoms with van der Waals surface area (Å²) in [5.74, 6) is -0.564. The minimum atomic E-state index is -3.64. The smallest absolute Gasteiger partial charge is 0.243 e. The number of nitrogen functional groups attached to an aromatic ring is 1. The Balaban J connectivity index is 1.96. The van der Waals surface area contributed by atoms with Gasteiger partial charge in [0.15, 0.2) is 0 Å². The fourth-order valence-electron chi connectivity index (χ4n) is 2.83. The molecule has 7 heteroatoms. The van der Waals surface area contributed by atoms with Crippen molar-refractivity contribution in [3.8, 4) is 0 Å². The van der Waals surface area contributed by atoms with Crippen LogP contribution in [0.3, 0.4) is 0 Å². The average molecular weight is 300 g/mol. The van der Waals surface area contributed by atoms with Crippen molar-refractivity contribution >= 4 is 15.7 Å². The summed E-state index contributed by atoms with van der Waals surface area (Å²) < 4.78 is 45.8. The van der Waals surface area contributed by atoms with Crippen LogP contribution in [0.5, 0.6) is 0 Å². The molecule has 20 heavy (non-hydrogen) atoms. The molecule has 2 unspecified atom stereocenters. The summed E-state index contributed by atoms with van der Waals surface area (Å²) >= 11 is 0. The molecule has 5 nitrogen and oxygen atoms in total. The van der Waals surface area contributed by atoms with Crippen molar-refractivity contribution in [1.29, 1.82) is 0 Å². The summed E-state index contributed by atoms with van der Waals surface area (Å²) in [6, 6.07) is 2.52. The molecule has 2 fully saturated rings. The fraction of sp³-hybridized carbons (Fsp3) is 0.538. The number of rotatable bonds is 2. The van der Waals surface area contributed by atoms with Crippen LogP contribution < -0.4 is 5.73 Å². The lowest BCUT2D eigenvalue weighted by Gasteiger charge is -2.31. The van der Waals surface area contributed by atoms with E-state index >= 15 is 0 Å². The van der Waals surface area contributed by atoms with Gasteiger partial charge in [0.05, 0.1) is 22.8 Å². The first-order valence-corrected chi connectivity index (χ1v) is 8.03. The SMILES string of the molecule is Cc1cc(S(=O)(=O)N2CC3CCC(C2)O3)cc(N)c1F. The molecule has 110 valence electrons. The third kappa shape index (κ3) is 2.19. The number of ether oxygens (including phenoxy) is 1. The third-order valence-corrected chi connectivity index (χ3v) is 5.71. The van der Waals surface area contributed by atoms with E-state index in [-0.39, 0.29) is 28.4 Å². The number of nitrogens with two attached hydrogens (primary N) is 1. The lowest BCUT2D eigenvalue weighted by atomic mass is 10.2. The number of anilines is 1. The van der Waals surface area contributed by atoms with Crippen molar-refractivity contribution in [1.82, 2.24) is 4.31 Å². The molecule has 2 atom stereocenters. The number of hydrogen-bond donors (Lipinski definition) is 1. The first kappa shape index (κ1) is 13.8. The van der Waals surface area contributed by atoms with Gasteiger partial charge >= 0.3 is 0 Å². The number of aryl methyl sites for hydroxylation is 1. The lowest BCUT2D eigenvalue weighted by molar-refractivity contribution is -0.0114. The van der Waals surface area contributed by atoms with E-state index in [1.165, 1.54) is 23.4 Å². The van der Waals surface area contributed by atoms with Crippen LogP contribution in [0.1, 0.15) is 18.4 Å². The zero-order valence-corrected chi connectivity index (χ0v) is 12.0. The molecule has 2 saturated heterocycles. The van der Waals surface area contributed by atoms with Gasteiger partial charge in [0.1, 0.15) is 5.82 Å². The Hall–Kier alpha value is -1.18. The monoisotopic (exact) mass is 300 g/mol. The van der Waals surface area contributed by atoms with E-state index in [2.05, 4.69) is 0 Å². The molecule has 3 rings (SSSR count). The van der Waals surface area contributed by atoms with Gasteiger partial charge in [0, 0.05) is 13.1 Å². The molecule has 2 heterocycles. The molecular weight excluding hydrogens is 283 g/mol. The highest BCUT2D eigenvalue weighted by Gasteiger charge is 2.39. The van der Waals surface area contributed by atoms with Crippen molar-refractivity contribution in [2.75, 3.05) is 18.8 Å². The molecule has 0 aliphatic carbocycles. The normalized spacial score (nSPS) is 26.9. The van der Waals surface area contributed by atoms with Gasteiger partial charge < -0.3 is 10.5 Å². The summed E-state index contributed by atoms with van der Waals surface area (Å²) in [4.78, 5) is 0.0511. The number of benzene rings is 1. The molecule has 0 saturated carbocycles. The number of nitrogens with zero attached hydrogens (tertiary/aromatic N) is 1. The van der Waals surface area contributed by atoms with E-state index in [0.717, 1.165) is 12.8 Å². The molecule has 2 N–H and O–H groups in total. The molecule has 1 aromatic carbocycles. The van der Waals surface area contributed by atoms with Crippen LogP contribution in [0.15, 0.2) is 17.0 Å². The van der Waals surface area contributed by atoms with Crippen LogP contribution in [-0.4, -0.2) is 38.0 Å². The van der Waals surface area contributed by atoms with Crippen molar-refractivity contribution in [2.24, 2.45) is 0 Å². The maximum atomic E-state index is 13.5. The molecule has 2 aliphatic heterocycles. The topological polar surface area (TPSA) is 72.6 Å². The minimum Gasteiger partial charge on any atom is -0.396 e. The summed E-state index contributed by atoms with van der Waals surface area (Å²) in [7, 11) is -3.64. The van der Waals surface area contributed by atoms with Gasteiger partial charge in [-0.25, -0.2) is 12.8 Å². The van der Waals surface area contributed by atoms with Crippen LogP contribution in [0.4, 0.5) is 10.1 Å². The van der Waals surface area contributed by atoms with Crippen molar-refractivity contribution in [2.45, 2.75) is 36.9 Å². The second-order valence-corrected chi connectivity index (χ2v) is 7.36. The van der Waals surface area contributed by atoms with E-state index in [1.807, 2.05) is 0 Å². The zero-order chi connectivity index (χ0) is 14.5. The Bertz CT molecular complexity index is 612. The predicted octanol–water partition coefficient (Wildman–Crippen LogP) is 1.27. The first-order valence-electron chi connectivity index (χ1n) is 6.59. The second kappa shape index (κ2) is 4.68. The molecule has 1 aromatic rings. The van der Waals surface area contributed by atoms with E-state index in [1.54, 1.807) is 0 Å². The minimum absolute atomic E-state index is 0.0255. The average Bonchev–Trinajstić information content (AvgIpc) is 2.73. The van der Waals surface area contributed by atoms with Crippen LogP contribution in [-0.2, 0) is 14.8 Å². The van der Waals surface area contributed by atoms with Crippen LogP contribution in [0.25, 0.3) is 0 Å². The molecule has 0 radical (unpaired) electrons. The number of morpholine rings is 1. The van der Waals surface area contributed by atoms with Crippen molar-refractivity contribution in [3.05, 3.63) is 23.5 Å². The summed E-state index contributed by atoms with van der Waals surface area (Å²) in [5, 5.41) is 0. The van der Waals surface area contributed by atoms with Crippen molar-refractivity contribution in [3.63, 3.8) is 0 Å².